The molecule has 3 aliphatic rings. The van der Waals surface area contributed by atoms with E-state index in [2.05, 4.69) is 23.2 Å². The number of nitrogens with zero attached hydrogens (tertiary/aromatic N) is 3. The molecule has 3 fully saturated rings. The molecule has 1 saturated heterocycles. The monoisotopic (exact) mass is 781 g/mol. The summed E-state index contributed by atoms with van der Waals surface area (Å²) in [5.41, 5.74) is -1.28. The van der Waals surface area contributed by atoms with Crippen molar-refractivity contribution in [1.29, 1.82) is 0 Å². The van der Waals surface area contributed by atoms with E-state index in [1.165, 1.54) is 4.90 Å². The molecule has 0 spiro atoms. The van der Waals surface area contributed by atoms with Crippen molar-refractivity contribution in [2.45, 2.75) is 141 Å². The lowest BCUT2D eigenvalue weighted by Crippen LogP contribution is -2.57. The third-order valence-electron chi connectivity index (χ3n) is 11.2. The van der Waals surface area contributed by atoms with Crippen LogP contribution in [0.2, 0.25) is 0 Å². The predicted molar refractivity (Wildman–Crippen MR) is 211 cm³/mol. The summed E-state index contributed by atoms with van der Waals surface area (Å²) in [6, 6.07) is 5.76. The van der Waals surface area contributed by atoms with Crippen molar-refractivity contribution in [2.24, 2.45) is 16.7 Å². The molecule has 0 unspecified atom stereocenters. The maximum absolute atomic E-state index is 14.6. The first-order chi connectivity index (χ1) is 25.7. The highest BCUT2D eigenvalue weighted by atomic mass is 32.2. The van der Waals surface area contributed by atoms with E-state index in [0.717, 1.165) is 5.52 Å². The zero-order chi connectivity index (χ0) is 40.6. The number of ketones is 1. The molecule has 14 heteroatoms. The van der Waals surface area contributed by atoms with E-state index < -0.39 is 67.3 Å². The number of hydrogen-bond acceptors (Lipinski definition) is 9. The highest BCUT2D eigenvalue weighted by Crippen LogP contribution is 2.58. The number of sulfonamides is 1. The van der Waals surface area contributed by atoms with Crippen LogP contribution in [0.1, 0.15) is 106 Å². The fourth-order valence-electron chi connectivity index (χ4n) is 7.88. The Bertz CT molecular complexity index is 1920. The second-order valence-corrected chi connectivity index (χ2v) is 19.7. The molecule has 55 heavy (non-hydrogen) atoms. The smallest absolute Gasteiger partial charge is 0.408 e. The Morgan fingerprint density at radius 1 is 1.07 bits per heavy atom. The normalized spacial score (nSPS) is 23.8. The van der Waals surface area contributed by atoms with Gasteiger partial charge >= 0.3 is 6.09 Å². The van der Waals surface area contributed by atoms with Gasteiger partial charge in [-0.05, 0) is 82.8 Å². The average molecular weight is 782 g/mol. The van der Waals surface area contributed by atoms with Gasteiger partial charge in [0, 0.05) is 19.4 Å². The molecule has 2 N–H and O–H groups in total. The molecule has 1 aromatic heterocycles. The summed E-state index contributed by atoms with van der Waals surface area (Å²) < 4.78 is 42.5. The number of carbonyl (C=O) groups is 4. The number of imidazole rings is 1. The fourth-order valence-corrected chi connectivity index (χ4v) is 9.60. The minimum Gasteiger partial charge on any atom is -0.459 e. The number of rotatable bonds is 17. The molecule has 0 bridgehead atoms. The molecule has 3 amide bonds. The quantitative estimate of drug-likeness (QED) is 0.140. The Balaban J connectivity index is 1.43. The average Bonchev–Trinajstić information content (AvgIpc) is 3.96. The number of hydrogen-bond donors (Lipinski definition) is 2. The molecule has 1 aromatic carbocycles. The van der Waals surface area contributed by atoms with Crippen LogP contribution in [0.15, 0.2) is 49.6 Å². The number of nitrogens with one attached hydrogen (secondary N) is 2. The molecular weight excluding hydrogens is 723 g/mol. The van der Waals surface area contributed by atoms with Crippen molar-refractivity contribution in [1.82, 2.24) is 24.5 Å². The van der Waals surface area contributed by atoms with E-state index in [1.54, 1.807) is 32.9 Å². The topological polar surface area (TPSA) is 166 Å². The molecule has 2 saturated carbocycles. The Morgan fingerprint density at radius 3 is 2.35 bits per heavy atom. The highest BCUT2D eigenvalue weighted by Gasteiger charge is 2.63. The third-order valence-corrected chi connectivity index (χ3v) is 13.4. The number of para-hydroxylation sites is 2. The van der Waals surface area contributed by atoms with Gasteiger partial charge in [0.05, 0.1) is 33.8 Å². The molecule has 2 aliphatic carbocycles. The highest BCUT2D eigenvalue weighted by molar-refractivity contribution is 7.91. The summed E-state index contributed by atoms with van der Waals surface area (Å²) in [5.74, 6) is -1.74. The van der Waals surface area contributed by atoms with Gasteiger partial charge in [0.15, 0.2) is 5.78 Å². The van der Waals surface area contributed by atoms with E-state index in [4.69, 9.17) is 14.5 Å². The third kappa shape index (κ3) is 9.10. The van der Waals surface area contributed by atoms with Crippen LogP contribution in [0.25, 0.3) is 11.0 Å². The van der Waals surface area contributed by atoms with Crippen LogP contribution in [0.3, 0.4) is 0 Å². The summed E-state index contributed by atoms with van der Waals surface area (Å²) in [6.07, 6.45) is 5.54. The standard InChI is InChI=1S/C41H59N5O8S/c1-10-13-16-19-40(20-21-40)55(51,52)44-35(49)41(24-27(41)12-3)25-32(47)31-23-28(53-36-42-29-17-14-15-18-30(29)45(36)22-11-2)26-46(31)34(48)33(38(4,5)6)43-37(50)54-39(7,8)9/h10-11,14-15,17-18,27-28,31,33H,1-2,12-13,16,19-26H2,3-9H3,(H,43,50)(H,44,49)/t27-,28-,31+,33-,41-/m1/s1. The van der Waals surface area contributed by atoms with Crippen LogP contribution in [0, 0.1) is 16.7 Å². The maximum Gasteiger partial charge on any atom is 0.408 e. The zero-order valence-corrected chi connectivity index (χ0v) is 34.3. The van der Waals surface area contributed by atoms with E-state index in [-0.39, 0.29) is 31.1 Å². The fraction of sp³-hybridized carbons (Fsp3) is 0.634. The summed E-state index contributed by atoms with van der Waals surface area (Å²) in [7, 11) is -4.00. The summed E-state index contributed by atoms with van der Waals surface area (Å²) >= 11 is 0. The van der Waals surface area contributed by atoms with E-state index in [0.29, 0.717) is 63.0 Å². The first-order valence-corrected chi connectivity index (χ1v) is 20.9. The van der Waals surface area contributed by atoms with E-state index in [9.17, 15) is 27.6 Å². The van der Waals surface area contributed by atoms with Crippen molar-refractivity contribution in [3.05, 3.63) is 49.6 Å². The van der Waals surface area contributed by atoms with Crippen LogP contribution < -0.4 is 14.8 Å². The largest absolute Gasteiger partial charge is 0.459 e. The van der Waals surface area contributed by atoms with Crippen LogP contribution in [-0.2, 0) is 35.7 Å². The number of Topliss-reactive ketones (excluding diaryl/α,β-unsaturated/α-hetero) is 1. The van der Waals surface area contributed by atoms with Gasteiger partial charge < -0.3 is 19.7 Å². The van der Waals surface area contributed by atoms with Gasteiger partial charge in [-0.3, -0.25) is 23.7 Å². The summed E-state index contributed by atoms with van der Waals surface area (Å²) in [5, 5.41) is 2.75. The Morgan fingerprint density at radius 2 is 1.76 bits per heavy atom. The second kappa shape index (κ2) is 15.7. The lowest BCUT2D eigenvalue weighted by atomic mass is 9.85. The number of unbranched alkanes of at least 4 members (excludes halogenated alkanes) is 1. The molecule has 0 radical (unpaired) electrons. The first kappa shape index (κ1) is 42.0. The van der Waals surface area contributed by atoms with Gasteiger partial charge in [0.1, 0.15) is 17.7 Å². The van der Waals surface area contributed by atoms with Gasteiger partial charge in [0.25, 0.3) is 6.01 Å². The maximum atomic E-state index is 14.6. The van der Waals surface area contributed by atoms with Gasteiger partial charge in [-0.25, -0.2) is 13.2 Å². The van der Waals surface area contributed by atoms with Gasteiger partial charge in [0.2, 0.25) is 21.8 Å². The molecule has 2 aromatic rings. The number of amides is 3. The molecule has 2 heterocycles. The summed E-state index contributed by atoms with van der Waals surface area (Å²) in [6.45, 7) is 20.5. The van der Waals surface area contributed by atoms with Crippen LogP contribution in [-0.4, -0.2) is 81.6 Å². The van der Waals surface area contributed by atoms with Gasteiger partial charge in [-0.15, -0.1) is 13.2 Å². The lowest BCUT2D eigenvalue weighted by molar-refractivity contribution is -0.142. The number of likely N-dealkylation sites (tertiary alicyclic amines) is 1. The van der Waals surface area contributed by atoms with E-state index in [1.807, 2.05) is 56.5 Å². The predicted octanol–water partition coefficient (Wildman–Crippen LogP) is 6.22. The Kier molecular flexibility index (Phi) is 12.0. The van der Waals surface area contributed by atoms with Gasteiger partial charge in [-0.1, -0.05) is 58.4 Å². The Hall–Kier alpha value is -4.20. The number of allylic oxidation sites excluding steroid dienone is 2. The number of ether oxygens (including phenoxy) is 2. The minimum atomic E-state index is -4.00. The molecular formula is C41H59N5O8S. The number of fused-ring (bicyclic) bond motifs is 1. The zero-order valence-electron chi connectivity index (χ0n) is 33.5. The van der Waals surface area contributed by atoms with Crippen molar-refractivity contribution < 1.29 is 37.1 Å². The van der Waals surface area contributed by atoms with Crippen molar-refractivity contribution in [2.75, 3.05) is 6.54 Å². The number of aromatic nitrogens is 2. The van der Waals surface area contributed by atoms with Crippen molar-refractivity contribution >= 4 is 44.7 Å². The molecule has 5 rings (SSSR count). The van der Waals surface area contributed by atoms with E-state index >= 15 is 0 Å². The van der Waals surface area contributed by atoms with Crippen molar-refractivity contribution in [3.8, 4) is 6.01 Å². The van der Waals surface area contributed by atoms with Gasteiger partial charge in [-0.2, -0.15) is 4.98 Å². The van der Waals surface area contributed by atoms with Crippen molar-refractivity contribution in [3.63, 3.8) is 0 Å². The second-order valence-electron chi connectivity index (χ2n) is 17.6. The number of carbonyl (C=O) groups excluding carboxylic acids is 4. The number of benzene rings is 1. The Labute approximate surface area is 325 Å². The SMILES string of the molecule is C=CCCCC1(S(=O)(=O)NC(=O)[C@@]2(CC(=O)[C@@H]3C[C@@H](Oc4nc5ccccc5n4CC=C)CN3C(=O)[C@@H](NC(=O)OC(C)(C)C)C(C)(C)C)C[C@H]2CC)CC1. The summed E-state index contributed by atoms with van der Waals surface area (Å²) in [4.78, 5) is 62.4. The van der Waals surface area contributed by atoms with Crippen LogP contribution in [0.4, 0.5) is 4.79 Å². The molecule has 1 aliphatic heterocycles. The molecule has 302 valence electrons. The van der Waals surface area contributed by atoms with Crippen LogP contribution >= 0.6 is 0 Å². The first-order valence-electron chi connectivity index (χ1n) is 19.4. The lowest BCUT2D eigenvalue weighted by Gasteiger charge is -2.36. The van der Waals surface area contributed by atoms with Crippen LogP contribution in [0.5, 0.6) is 6.01 Å². The molecule has 13 nitrogen and oxygen atoms in total. The minimum absolute atomic E-state index is 0.00707. The number of alkyl carbamates (subject to hydrolysis) is 1. The molecule has 5 atom stereocenters.